The molecule has 1 atom stereocenters. The van der Waals surface area contributed by atoms with Gasteiger partial charge in [0.1, 0.15) is 5.84 Å². The Morgan fingerprint density at radius 2 is 1.95 bits per heavy atom. The molecule has 1 unspecified atom stereocenters. The lowest BCUT2D eigenvalue weighted by molar-refractivity contribution is 0.116. The van der Waals surface area contributed by atoms with Crippen LogP contribution in [-0.4, -0.2) is 29.6 Å². The van der Waals surface area contributed by atoms with Gasteiger partial charge < -0.3 is 11.1 Å². The SMILES string of the molecule is NC1=NC(N)(C2CCN(Cc3ccccc3)CC2)NC=C1. The second-order valence-electron chi connectivity index (χ2n) is 5.88. The van der Waals surface area contributed by atoms with Crippen molar-refractivity contribution in [2.24, 2.45) is 22.4 Å². The molecule has 5 heteroatoms. The van der Waals surface area contributed by atoms with Crippen molar-refractivity contribution in [2.45, 2.75) is 25.2 Å². The maximum absolute atomic E-state index is 6.37. The number of likely N-dealkylation sites (tertiary alicyclic amines) is 1. The summed E-state index contributed by atoms with van der Waals surface area (Å²) in [6.45, 7) is 3.09. The standard InChI is InChI=1S/C16H23N5/c17-15-6-9-19-16(18,20-15)14-7-10-21(11-8-14)12-13-4-2-1-3-5-13/h1-6,9,14,19H,7-8,10-12,18H2,(H2,17,20). The molecular formula is C16H23N5. The Balaban J connectivity index is 1.57. The van der Waals surface area contributed by atoms with Crippen LogP contribution in [0.15, 0.2) is 47.6 Å². The van der Waals surface area contributed by atoms with Crippen LogP contribution in [0.3, 0.4) is 0 Å². The van der Waals surface area contributed by atoms with Gasteiger partial charge in [0, 0.05) is 18.7 Å². The highest BCUT2D eigenvalue weighted by Gasteiger charge is 2.37. The van der Waals surface area contributed by atoms with E-state index in [0.29, 0.717) is 11.8 Å². The molecule has 21 heavy (non-hydrogen) atoms. The molecule has 2 heterocycles. The van der Waals surface area contributed by atoms with Gasteiger partial charge in [0.05, 0.1) is 0 Å². The second kappa shape index (κ2) is 5.87. The molecular weight excluding hydrogens is 262 g/mol. The molecule has 1 aromatic rings. The van der Waals surface area contributed by atoms with E-state index in [0.717, 1.165) is 32.5 Å². The molecule has 5 N–H and O–H groups in total. The smallest absolute Gasteiger partial charge is 0.187 e. The summed E-state index contributed by atoms with van der Waals surface area (Å²) in [5.74, 6) is 0.0773. The molecule has 2 aliphatic heterocycles. The molecule has 0 aromatic heterocycles. The third-order valence-electron chi connectivity index (χ3n) is 4.34. The highest BCUT2D eigenvalue weighted by atomic mass is 15.3. The summed E-state index contributed by atoms with van der Waals surface area (Å²) in [5.41, 5.74) is 13.5. The number of piperidine rings is 1. The number of hydrogen-bond donors (Lipinski definition) is 3. The third-order valence-corrected chi connectivity index (χ3v) is 4.34. The molecule has 0 bridgehead atoms. The Hall–Kier alpha value is -1.85. The highest BCUT2D eigenvalue weighted by Crippen LogP contribution is 2.28. The summed E-state index contributed by atoms with van der Waals surface area (Å²) in [5, 5.41) is 3.17. The van der Waals surface area contributed by atoms with Crippen molar-refractivity contribution in [3.05, 3.63) is 48.2 Å². The van der Waals surface area contributed by atoms with Crippen LogP contribution in [0.5, 0.6) is 0 Å². The van der Waals surface area contributed by atoms with Crippen molar-refractivity contribution < 1.29 is 0 Å². The lowest BCUT2D eigenvalue weighted by Crippen LogP contribution is -2.59. The first-order valence-corrected chi connectivity index (χ1v) is 7.50. The van der Waals surface area contributed by atoms with E-state index in [1.807, 2.05) is 0 Å². The number of nitrogens with one attached hydrogen (secondary N) is 1. The van der Waals surface area contributed by atoms with Crippen LogP contribution < -0.4 is 16.8 Å². The summed E-state index contributed by atoms with van der Waals surface area (Å²) >= 11 is 0. The topological polar surface area (TPSA) is 79.7 Å². The number of nitrogens with zero attached hydrogens (tertiary/aromatic N) is 2. The lowest BCUT2D eigenvalue weighted by atomic mass is 9.89. The molecule has 1 aromatic carbocycles. The first-order chi connectivity index (χ1) is 10.2. The molecule has 2 aliphatic rings. The second-order valence-corrected chi connectivity index (χ2v) is 5.88. The summed E-state index contributed by atoms with van der Waals surface area (Å²) in [6.07, 6.45) is 5.61. The van der Waals surface area contributed by atoms with Gasteiger partial charge in [0.2, 0.25) is 0 Å². The molecule has 0 aliphatic carbocycles. The van der Waals surface area contributed by atoms with Crippen LogP contribution in [0, 0.1) is 5.92 Å². The molecule has 1 saturated heterocycles. The van der Waals surface area contributed by atoms with Crippen LogP contribution >= 0.6 is 0 Å². The molecule has 1 fully saturated rings. The van der Waals surface area contributed by atoms with E-state index < -0.39 is 5.79 Å². The van der Waals surface area contributed by atoms with E-state index in [1.165, 1.54) is 5.56 Å². The first-order valence-electron chi connectivity index (χ1n) is 7.50. The van der Waals surface area contributed by atoms with Gasteiger partial charge in [-0.1, -0.05) is 30.3 Å². The van der Waals surface area contributed by atoms with Gasteiger partial charge in [-0.25, -0.2) is 4.99 Å². The Morgan fingerprint density at radius 3 is 2.62 bits per heavy atom. The summed E-state index contributed by atoms with van der Waals surface area (Å²) < 4.78 is 0. The Labute approximate surface area is 125 Å². The van der Waals surface area contributed by atoms with E-state index >= 15 is 0 Å². The monoisotopic (exact) mass is 285 g/mol. The zero-order valence-electron chi connectivity index (χ0n) is 12.2. The molecule has 112 valence electrons. The maximum Gasteiger partial charge on any atom is 0.187 e. The normalized spacial score (nSPS) is 27.2. The summed E-state index contributed by atoms with van der Waals surface area (Å²) in [7, 11) is 0. The van der Waals surface area contributed by atoms with Crippen LogP contribution in [0.2, 0.25) is 0 Å². The van der Waals surface area contributed by atoms with Crippen molar-refractivity contribution in [1.29, 1.82) is 0 Å². The van der Waals surface area contributed by atoms with Crippen molar-refractivity contribution in [1.82, 2.24) is 10.2 Å². The van der Waals surface area contributed by atoms with E-state index in [1.54, 1.807) is 12.3 Å². The minimum Gasteiger partial charge on any atom is -0.384 e. The zero-order chi connectivity index (χ0) is 14.7. The van der Waals surface area contributed by atoms with Crippen LogP contribution in [0.1, 0.15) is 18.4 Å². The Kier molecular flexibility index (Phi) is 3.94. The van der Waals surface area contributed by atoms with Gasteiger partial charge in [0.15, 0.2) is 5.79 Å². The van der Waals surface area contributed by atoms with E-state index in [-0.39, 0.29) is 0 Å². The van der Waals surface area contributed by atoms with Gasteiger partial charge >= 0.3 is 0 Å². The van der Waals surface area contributed by atoms with Gasteiger partial charge in [-0.15, -0.1) is 0 Å². The predicted molar refractivity (Wildman–Crippen MR) is 85.3 cm³/mol. The average Bonchev–Trinajstić information content (AvgIpc) is 2.49. The highest BCUT2D eigenvalue weighted by molar-refractivity contribution is 5.92. The van der Waals surface area contributed by atoms with Crippen molar-refractivity contribution in [3.63, 3.8) is 0 Å². The van der Waals surface area contributed by atoms with Gasteiger partial charge in [-0.2, -0.15) is 0 Å². The van der Waals surface area contributed by atoms with Gasteiger partial charge in [0.25, 0.3) is 0 Å². The van der Waals surface area contributed by atoms with Gasteiger partial charge in [-0.3, -0.25) is 10.6 Å². The third kappa shape index (κ3) is 3.25. The Bertz CT molecular complexity index is 531. The Morgan fingerprint density at radius 1 is 1.24 bits per heavy atom. The van der Waals surface area contributed by atoms with E-state index in [9.17, 15) is 0 Å². The fourth-order valence-electron chi connectivity index (χ4n) is 3.13. The molecule has 5 nitrogen and oxygen atoms in total. The van der Waals surface area contributed by atoms with Crippen LogP contribution in [0.4, 0.5) is 0 Å². The number of hydrogen-bond acceptors (Lipinski definition) is 5. The summed E-state index contributed by atoms with van der Waals surface area (Å²) in [4.78, 5) is 6.88. The largest absolute Gasteiger partial charge is 0.384 e. The zero-order valence-corrected chi connectivity index (χ0v) is 12.2. The maximum atomic E-state index is 6.37. The molecule has 0 amide bonds. The summed E-state index contributed by atoms with van der Waals surface area (Å²) in [6, 6.07) is 10.6. The quantitative estimate of drug-likeness (QED) is 0.773. The van der Waals surface area contributed by atoms with E-state index in [4.69, 9.17) is 11.5 Å². The molecule has 0 spiro atoms. The molecule has 0 saturated carbocycles. The van der Waals surface area contributed by atoms with Crippen LogP contribution in [-0.2, 0) is 6.54 Å². The van der Waals surface area contributed by atoms with E-state index in [2.05, 4.69) is 45.5 Å². The van der Waals surface area contributed by atoms with Crippen LogP contribution in [0.25, 0.3) is 0 Å². The first kappa shape index (κ1) is 14.1. The van der Waals surface area contributed by atoms with Gasteiger partial charge in [-0.05, 0) is 37.6 Å². The van der Waals surface area contributed by atoms with Crippen molar-refractivity contribution in [3.8, 4) is 0 Å². The fraction of sp³-hybridized carbons (Fsp3) is 0.438. The predicted octanol–water partition coefficient (Wildman–Crippen LogP) is 0.985. The minimum absolute atomic E-state index is 0.313. The number of amidine groups is 1. The van der Waals surface area contributed by atoms with Crippen molar-refractivity contribution in [2.75, 3.05) is 13.1 Å². The lowest BCUT2D eigenvalue weighted by Gasteiger charge is -2.41. The number of benzene rings is 1. The average molecular weight is 285 g/mol. The number of rotatable bonds is 3. The number of aliphatic imine (C=N–C) groups is 1. The number of nitrogens with two attached hydrogens (primary N) is 2. The van der Waals surface area contributed by atoms with Crippen molar-refractivity contribution >= 4 is 5.84 Å². The molecule has 0 radical (unpaired) electrons. The minimum atomic E-state index is -0.738. The fourth-order valence-corrected chi connectivity index (χ4v) is 3.13. The molecule has 3 rings (SSSR count).